The third-order valence-corrected chi connectivity index (χ3v) is 1.24. The molecule has 0 aromatic heterocycles. The van der Waals surface area contributed by atoms with Crippen LogP contribution in [0.15, 0.2) is 30.3 Å². The molecule has 0 amide bonds. The van der Waals surface area contributed by atoms with Gasteiger partial charge in [-0.25, -0.2) is 4.79 Å². The van der Waals surface area contributed by atoms with Gasteiger partial charge in [-0.1, -0.05) is 18.2 Å². The van der Waals surface area contributed by atoms with Crippen LogP contribution in [0.25, 0.3) is 0 Å². The molecule has 0 saturated carbocycles. The third-order valence-electron chi connectivity index (χ3n) is 1.24. The minimum absolute atomic E-state index is 0.174. The van der Waals surface area contributed by atoms with Crippen LogP contribution in [0.2, 0.25) is 0 Å². The molecule has 0 bridgehead atoms. The molecule has 1 radical (unpaired) electrons. The molecule has 57 valence electrons. The molecule has 0 atom stereocenters. The van der Waals surface area contributed by atoms with Crippen LogP contribution in [0, 0.1) is 6.92 Å². The monoisotopic (exact) mass is 149 g/mol. The maximum atomic E-state index is 11.0. The van der Waals surface area contributed by atoms with Crippen molar-refractivity contribution in [2.24, 2.45) is 0 Å². The Hall–Kier alpha value is -1.31. The minimum Gasteiger partial charge on any atom is -0.462 e. The molecule has 0 aliphatic carbocycles. The molecule has 0 saturated heterocycles. The van der Waals surface area contributed by atoms with E-state index in [2.05, 4.69) is 11.7 Å². The zero-order valence-corrected chi connectivity index (χ0v) is 6.12. The van der Waals surface area contributed by atoms with E-state index in [4.69, 9.17) is 0 Å². The number of benzene rings is 1. The van der Waals surface area contributed by atoms with Gasteiger partial charge in [0.05, 0.1) is 12.2 Å². The van der Waals surface area contributed by atoms with Gasteiger partial charge < -0.3 is 4.74 Å². The number of hydrogen-bond acceptors (Lipinski definition) is 2. The van der Waals surface area contributed by atoms with Gasteiger partial charge in [0.15, 0.2) is 0 Å². The fourth-order valence-electron chi connectivity index (χ4n) is 0.750. The second-order valence-electron chi connectivity index (χ2n) is 2.00. The summed E-state index contributed by atoms with van der Waals surface area (Å²) in [5, 5.41) is 0. The van der Waals surface area contributed by atoms with Crippen molar-refractivity contribution in [3.63, 3.8) is 0 Å². The Morgan fingerprint density at radius 3 is 2.55 bits per heavy atom. The van der Waals surface area contributed by atoms with Gasteiger partial charge in [0.1, 0.15) is 0 Å². The van der Waals surface area contributed by atoms with E-state index in [9.17, 15) is 4.79 Å². The Balaban J connectivity index is 2.69. The quantitative estimate of drug-likeness (QED) is 0.598. The number of carbonyl (C=O) groups excluding carboxylic acids is 1. The lowest BCUT2D eigenvalue weighted by atomic mass is 10.2. The van der Waals surface area contributed by atoms with E-state index in [1.165, 1.54) is 0 Å². The topological polar surface area (TPSA) is 26.3 Å². The van der Waals surface area contributed by atoms with E-state index in [0.717, 1.165) is 0 Å². The molecule has 0 aliphatic heterocycles. The van der Waals surface area contributed by atoms with E-state index >= 15 is 0 Å². The molecule has 11 heavy (non-hydrogen) atoms. The summed E-state index contributed by atoms with van der Waals surface area (Å²) < 4.78 is 4.68. The summed E-state index contributed by atoms with van der Waals surface area (Å²) in [6, 6.07) is 8.84. The van der Waals surface area contributed by atoms with Crippen LogP contribution in [0.1, 0.15) is 10.4 Å². The largest absolute Gasteiger partial charge is 0.462 e. The van der Waals surface area contributed by atoms with Crippen molar-refractivity contribution >= 4 is 5.97 Å². The molecule has 0 aliphatic rings. The van der Waals surface area contributed by atoms with Crippen LogP contribution in [0.5, 0.6) is 0 Å². The third kappa shape index (κ3) is 2.08. The van der Waals surface area contributed by atoms with Crippen molar-refractivity contribution in [2.75, 3.05) is 6.61 Å². The average Bonchev–Trinajstić information content (AvgIpc) is 2.07. The lowest BCUT2D eigenvalue weighted by Gasteiger charge is -1.99. The van der Waals surface area contributed by atoms with Crippen molar-refractivity contribution in [2.45, 2.75) is 0 Å². The highest BCUT2D eigenvalue weighted by Gasteiger charge is 2.02. The first-order chi connectivity index (χ1) is 5.34. The highest BCUT2D eigenvalue weighted by molar-refractivity contribution is 5.89. The standard InChI is InChI=1S/C9H9O2/c1-2-11-9(10)8-6-4-3-5-7-8/h3-7H,1-2H2. The SMILES string of the molecule is [CH2]COC(=O)c1ccccc1. The molecule has 2 heteroatoms. The fraction of sp³-hybridized carbons (Fsp3) is 0.111. The average molecular weight is 149 g/mol. The van der Waals surface area contributed by atoms with E-state index in [-0.39, 0.29) is 12.6 Å². The van der Waals surface area contributed by atoms with Gasteiger partial charge in [-0.2, -0.15) is 0 Å². The fourth-order valence-corrected chi connectivity index (χ4v) is 0.750. The highest BCUT2D eigenvalue weighted by Crippen LogP contribution is 1.99. The Bertz CT molecular complexity index is 229. The Morgan fingerprint density at radius 1 is 1.36 bits per heavy atom. The van der Waals surface area contributed by atoms with Crippen molar-refractivity contribution in [1.29, 1.82) is 0 Å². The summed E-state index contributed by atoms with van der Waals surface area (Å²) >= 11 is 0. The van der Waals surface area contributed by atoms with Gasteiger partial charge in [-0.05, 0) is 19.1 Å². The van der Waals surface area contributed by atoms with E-state index in [1.54, 1.807) is 24.3 Å². The lowest BCUT2D eigenvalue weighted by Crippen LogP contribution is -2.03. The maximum absolute atomic E-state index is 11.0. The summed E-state index contributed by atoms with van der Waals surface area (Å²) in [7, 11) is 0. The molecule has 2 nitrogen and oxygen atoms in total. The van der Waals surface area contributed by atoms with E-state index in [0.29, 0.717) is 5.56 Å². The molecular formula is C9H9O2. The van der Waals surface area contributed by atoms with Crippen LogP contribution in [0.3, 0.4) is 0 Å². The van der Waals surface area contributed by atoms with Crippen molar-refractivity contribution in [1.82, 2.24) is 0 Å². The van der Waals surface area contributed by atoms with Gasteiger partial charge in [0.25, 0.3) is 0 Å². The maximum Gasteiger partial charge on any atom is 0.338 e. The predicted octanol–water partition coefficient (Wildman–Crippen LogP) is 1.68. The minimum atomic E-state index is -0.319. The number of rotatable bonds is 2. The number of carbonyl (C=O) groups is 1. The van der Waals surface area contributed by atoms with Crippen LogP contribution in [0.4, 0.5) is 0 Å². The van der Waals surface area contributed by atoms with Crippen LogP contribution < -0.4 is 0 Å². The molecule has 1 aromatic carbocycles. The Morgan fingerprint density at radius 2 is 2.00 bits per heavy atom. The number of hydrogen-bond donors (Lipinski definition) is 0. The number of ether oxygens (including phenoxy) is 1. The normalized spacial score (nSPS) is 9.18. The van der Waals surface area contributed by atoms with Crippen molar-refractivity contribution in [3.05, 3.63) is 42.8 Å². The smallest absolute Gasteiger partial charge is 0.338 e. The first-order valence-corrected chi connectivity index (χ1v) is 3.36. The van der Waals surface area contributed by atoms with Gasteiger partial charge in [-0.15, -0.1) is 0 Å². The lowest BCUT2D eigenvalue weighted by molar-refractivity contribution is 0.0547. The Kier molecular flexibility index (Phi) is 2.66. The molecule has 0 heterocycles. The zero-order chi connectivity index (χ0) is 8.10. The molecule has 0 spiro atoms. The molecule has 1 rings (SSSR count). The second kappa shape index (κ2) is 3.76. The molecular weight excluding hydrogens is 140 g/mol. The highest BCUT2D eigenvalue weighted by atomic mass is 16.5. The first-order valence-electron chi connectivity index (χ1n) is 3.36. The van der Waals surface area contributed by atoms with Gasteiger partial charge >= 0.3 is 5.97 Å². The van der Waals surface area contributed by atoms with Crippen LogP contribution in [-0.2, 0) is 4.74 Å². The van der Waals surface area contributed by atoms with Crippen molar-refractivity contribution in [3.8, 4) is 0 Å². The van der Waals surface area contributed by atoms with Crippen molar-refractivity contribution < 1.29 is 9.53 Å². The first kappa shape index (κ1) is 7.79. The Labute approximate surface area is 65.8 Å². The van der Waals surface area contributed by atoms with E-state index in [1.807, 2.05) is 6.07 Å². The summed E-state index contributed by atoms with van der Waals surface area (Å²) in [6.07, 6.45) is 0. The number of esters is 1. The van der Waals surface area contributed by atoms with Gasteiger partial charge in [0, 0.05) is 0 Å². The zero-order valence-electron chi connectivity index (χ0n) is 6.12. The predicted molar refractivity (Wildman–Crippen MR) is 42.1 cm³/mol. The summed E-state index contributed by atoms with van der Waals surface area (Å²) in [5.41, 5.74) is 0.566. The molecule has 0 N–H and O–H groups in total. The molecule has 0 unspecified atom stereocenters. The van der Waals surface area contributed by atoms with Crippen LogP contribution in [-0.4, -0.2) is 12.6 Å². The summed E-state index contributed by atoms with van der Waals surface area (Å²) in [6.45, 7) is 3.58. The van der Waals surface area contributed by atoms with Gasteiger partial charge in [0.2, 0.25) is 0 Å². The summed E-state index contributed by atoms with van der Waals surface area (Å²) in [5.74, 6) is -0.319. The molecule has 0 fully saturated rings. The molecule has 1 aromatic rings. The van der Waals surface area contributed by atoms with Gasteiger partial charge in [-0.3, -0.25) is 0 Å². The summed E-state index contributed by atoms with van der Waals surface area (Å²) in [4.78, 5) is 11.0. The van der Waals surface area contributed by atoms with E-state index < -0.39 is 0 Å². The van der Waals surface area contributed by atoms with Crippen LogP contribution >= 0.6 is 0 Å². The second-order valence-corrected chi connectivity index (χ2v) is 2.00.